The van der Waals surface area contributed by atoms with Gasteiger partial charge in [0.05, 0.1) is 6.61 Å². The first kappa shape index (κ1) is 12.1. The zero-order valence-corrected chi connectivity index (χ0v) is 9.46. The number of nitrogens with zero attached hydrogens (tertiary/aromatic N) is 1. The fourth-order valence-corrected chi connectivity index (χ4v) is 1.47. The number of hydrogen-bond acceptors (Lipinski definition) is 5. The minimum atomic E-state index is -1.13. The van der Waals surface area contributed by atoms with Crippen molar-refractivity contribution in [3.05, 3.63) is 47.3 Å². The van der Waals surface area contributed by atoms with Crippen molar-refractivity contribution in [1.29, 1.82) is 0 Å². The molecule has 0 saturated carbocycles. The van der Waals surface area contributed by atoms with Gasteiger partial charge in [-0.2, -0.15) is 4.98 Å². The molecule has 1 heterocycles. The molecule has 1 aromatic carbocycles. The van der Waals surface area contributed by atoms with Gasteiger partial charge in [0.2, 0.25) is 0 Å². The van der Waals surface area contributed by atoms with E-state index in [1.165, 1.54) is 0 Å². The fourth-order valence-electron chi connectivity index (χ4n) is 1.47. The summed E-state index contributed by atoms with van der Waals surface area (Å²) >= 11 is 0. The van der Waals surface area contributed by atoms with Crippen LogP contribution in [-0.2, 0) is 13.2 Å². The Kier molecular flexibility index (Phi) is 3.59. The summed E-state index contributed by atoms with van der Waals surface area (Å²) in [5.41, 5.74) is 1.62. The minimum Gasteiger partial charge on any atom is -0.476 e. The average molecular weight is 248 g/mol. The van der Waals surface area contributed by atoms with Gasteiger partial charge in [-0.25, -0.2) is 4.79 Å². The van der Waals surface area contributed by atoms with Crippen molar-refractivity contribution in [3.63, 3.8) is 0 Å². The van der Waals surface area contributed by atoms with Crippen molar-refractivity contribution in [1.82, 2.24) is 4.98 Å². The van der Waals surface area contributed by atoms with E-state index in [9.17, 15) is 4.79 Å². The first-order valence-electron chi connectivity index (χ1n) is 5.30. The lowest BCUT2D eigenvalue weighted by molar-refractivity contribution is 0.0690. The second-order valence-electron chi connectivity index (χ2n) is 3.67. The highest BCUT2D eigenvalue weighted by Gasteiger charge is 2.09. The molecule has 2 aromatic rings. The third kappa shape index (κ3) is 2.86. The fraction of sp³-hybridized carbons (Fsp3) is 0.167. The predicted molar refractivity (Wildman–Crippen MR) is 63.2 cm³/mol. The summed E-state index contributed by atoms with van der Waals surface area (Å²) in [5, 5.41) is 20.5. The van der Waals surface area contributed by atoms with Gasteiger partial charge in [-0.3, -0.25) is 0 Å². The number of carboxylic acid groups (broad SMARTS) is 1. The summed E-state index contributed by atoms with van der Waals surface area (Å²) in [5.74, 6) is -1.13. The van der Waals surface area contributed by atoms with Gasteiger partial charge in [-0.05, 0) is 11.1 Å². The van der Waals surface area contributed by atoms with E-state index in [0.717, 1.165) is 17.4 Å². The van der Waals surface area contributed by atoms with Gasteiger partial charge in [0.25, 0.3) is 6.01 Å². The number of anilines is 1. The van der Waals surface area contributed by atoms with Crippen LogP contribution in [0.2, 0.25) is 0 Å². The SMILES string of the molecule is O=C(O)c1coc(NCc2cccc(CO)c2)n1. The molecule has 94 valence electrons. The van der Waals surface area contributed by atoms with Crippen molar-refractivity contribution >= 4 is 12.0 Å². The van der Waals surface area contributed by atoms with Crippen LogP contribution in [0.1, 0.15) is 21.6 Å². The number of rotatable bonds is 5. The number of aromatic nitrogens is 1. The van der Waals surface area contributed by atoms with Crippen LogP contribution in [-0.4, -0.2) is 21.2 Å². The summed E-state index contributed by atoms with van der Waals surface area (Å²) in [4.78, 5) is 14.3. The second-order valence-corrected chi connectivity index (χ2v) is 3.67. The zero-order chi connectivity index (χ0) is 13.0. The van der Waals surface area contributed by atoms with Crippen molar-refractivity contribution in [2.75, 3.05) is 5.32 Å². The molecule has 0 aliphatic heterocycles. The molecule has 18 heavy (non-hydrogen) atoms. The van der Waals surface area contributed by atoms with E-state index < -0.39 is 5.97 Å². The number of nitrogens with one attached hydrogen (secondary N) is 1. The Morgan fingerprint density at radius 2 is 2.17 bits per heavy atom. The molecule has 0 unspecified atom stereocenters. The number of carboxylic acids is 1. The highest BCUT2D eigenvalue weighted by molar-refractivity contribution is 5.85. The molecule has 6 nitrogen and oxygen atoms in total. The molecule has 0 spiro atoms. The van der Waals surface area contributed by atoms with Crippen LogP contribution in [0.3, 0.4) is 0 Å². The van der Waals surface area contributed by atoms with E-state index in [1.807, 2.05) is 24.3 Å². The van der Waals surface area contributed by atoms with E-state index in [0.29, 0.717) is 6.54 Å². The third-order valence-electron chi connectivity index (χ3n) is 2.34. The minimum absolute atomic E-state index is 0.0179. The largest absolute Gasteiger partial charge is 0.476 e. The normalized spacial score (nSPS) is 10.3. The van der Waals surface area contributed by atoms with E-state index in [4.69, 9.17) is 14.6 Å². The summed E-state index contributed by atoms with van der Waals surface area (Å²) in [6.07, 6.45) is 1.08. The maximum Gasteiger partial charge on any atom is 0.357 e. The topological polar surface area (TPSA) is 95.6 Å². The van der Waals surface area contributed by atoms with Crippen LogP contribution < -0.4 is 5.32 Å². The molecule has 0 aliphatic carbocycles. The Balaban J connectivity index is 1.99. The molecule has 0 amide bonds. The number of oxazole rings is 1. The number of aliphatic hydroxyl groups excluding tert-OH is 1. The van der Waals surface area contributed by atoms with E-state index in [1.54, 1.807) is 0 Å². The van der Waals surface area contributed by atoms with Crippen LogP contribution in [0.4, 0.5) is 6.01 Å². The molecular formula is C12H12N2O4. The molecule has 3 N–H and O–H groups in total. The molecule has 0 aliphatic rings. The summed E-state index contributed by atoms with van der Waals surface area (Å²) in [7, 11) is 0. The molecule has 0 fully saturated rings. The van der Waals surface area contributed by atoms with Crippen molar-refractivity contribution in [3.8, 4) is 0 Å². The van der Waals surface area contributed by atoms with Crippen molar-refractivity contribution in [2.45, 2.75) is 13.2 Å². The monoisotopic (exact) mass is 248 g/mol. The molecule has 0 radical (unpaired) electrons. The van der Waals surface area contributed by atoms with Gasteiger partial charge in [-0.1, -0.05) is 24.3 Å². The molecule has 1 aromatic heterocycles. The van der Waals surface area contributed by atoms with Crippen LogP contribution >= 0.6 is 0 Å². The quantitative estimate of drug-likeness (QED) is 0.741. The van der Waals surface area contributed by atoms with E-state index in [2.05, 4.69) is 10.3 Å². The lowest BCUT2D eigenvalue weighted by atomic mass is 10.1. The molecular weight excluding hydrogens is 236 g/mol. The Bertz CT molecular complexity index is 551. The zero-order valence-electron chi connectivity index (χ0n) is 9.46. The predicted octanol–water partition coefficient (Wildman–Crippen LogP) is 1.48. The summed E-state index contributed by atoms with van der Waals surface area (Å²) < 4.78 is 4.95. The molecule has 6 heteroatoms. The first-order valence-corrected chi connectivity index (χ1v) is 5.30. The Labute approximate surface area is 103 Å². The van der Waals surface area contributed by atoms with Gasteiger partial charge in [0.15, 0.2) is 5.69 Å². The number of carbonyl (C=O) groups is 1. The van der Waals surface area contributed by atoms with Crippen LogP contribution in [0.15, 0.2) is 34.9 Å². The summed E-state index contributed by atoms with van der Waals surface area (Å²) in [6, 6.07) is 7.53. The lowest BCUT2D eigenvalue weighted by Crippen LogP contribution is -2.01. The maximum absolute atomic E-state index is 10.6. The van der Waals surface area contributed by atoms with Crippen LogP contribution in [0, 0.1) is 0 Å². The second kappa shape index (κ2) is 5.33. The third-order valence-corrected chi connectivity index (χ3v) is 2.34. The number of benzene rings is 1. The molecule has 0 bridgehead atoms. The number of aromatic carboxylic acids is 1. The smallest absolute Gasteiger partial charge is 0.357 e. The Morgan fingerprint density at radius 1 is 1.39 bits per heavy atom. The van der Waals surface area contributed by atoms with Gasteiger partial charge in [0.1, 0.15) is 6.26 Å². The van der Waals surface area contributed by atoms with Crippen molar-refractivity contribution < 1.29 is 19.4 Å². The summed E-state index contributed by atoms with van der Waals surface area (Å²) in [6.45, 7) is 0.420. The lowest BCUT2D eigenvalue weighted by Gasteiger charge is -2.03. The van der Waals surface area contributed by atoms with E-state index >= 15 is 0 Å². The molecule has 2 rings (SSSR count). The molecule has 0 atom stereocenters. The first-order chi connectivity index (χ1) is 8.69. The van der Waals surface area contributed by atoms with E-state index in [-0.39, 0.29) is 18.3 Å². The number of hydrogen-bond donors (Lipinski definition) is 3. The Morgan fingerprint density at radius 3 is 2.83 bits per heavy atom. The van der Waals surface area contributed by atoms with Gasteiger partial charge in [-0.15, -0.1) is 0 Å². The van der Waals surface area contributed by atoms with Gasteiger partial charge < -0.3 is 19.9 Å². The Hall–Kier alpha value is -2.34. The standard InChI is InChI=1S/C12H12N2O4/c15-6-9-3-1-2-8(4-9)5-13-12-14-10(7-18-12)11(16)17/h1-4,7,15H,5-6H2,(H,13,14)(H,16,17). The highest BCUT2D eigenvalue weighted by Crippen LogP contribution is 2.11. The van der Waals surface area contributed by atoms with Crippen LogP contribution in [0.5, 0.6) is 0 Å². The van der Waals surface area contributed by atoms with Crippen LogP contribution in [0.25, 0.3) is 0 Å². The van der Waals surface area contributed by atoms with Gasteiger partial charge in [0, 0.05) is 6.54 Å². The molecule has 0 saturated heterocycles. The van der Waals surface area contributed by atoms with Crippen molar-refractivity contribution in [2.24, 2.45) is 0 Å². The van der Waals surface area contributed by atoms with Gasteiger partial charge >= 0.3 is 5.97 Å². The average Bonchev–Trinajstić information content (AvgIpc) is 2.85. The number of aliphatic hydroxyl groups is 1. The maximum atomic E-state index is 10.6. The highest BCUT2D eigenvalue weighted by atomic mass is 16.4.